The molecule has 0 saturated carbocycles. The molecule has 4 N–H and O–H groups in total. The molecule has 0 fully saturated rings. The second kappa shape index (κ2) is 11.2. The smallest absolute Gasteiger partial charge is 0.177 e. The van der Waals surface area contributed by atoms with Crippen molar-refractivity contribution in [2.75, 3.05) is 26.0 Å². The Morgan fingerprint density at radius 1 is 1.48 bits per heavy atom. The minimum absolute atomic E-state index is 0.218. The van der Waals surface area contributed by atoms with E-state index in [1.165, 1.54) is 0 Å². The minimum Gasteiger partial charge on any atom is -0.351 e. The highest BCUT2D eigenvalue weighted by atomic mass is 35.5. The first-order valence-corrected chi connectivity index (χ1v) is 11.1. The number of likely N-dealkylation sites (N-methyl/N-ethyl adjacent to an activating group) is 1. The lowest BCUT2D eigenvalue weighted by Gasteiger charge is -2.39. The lowest BCUT2D eigenvalue weighted by atomic mass is 9.89. The largest absolute Gasteiger partial charge is 0.351 e. The van der Waals surface area contributed by atoms with E-state index in [9.17, 15) is 0 Å². The fourth-order valence-electron chi connectivity index (χ4n) is 3.68. The molecule has 0 radical (unpaired) electrons. The van der Waals surface area contributed by atoms with Crippen LogP contribution in [0.15, 0.2) is 40.4 Å². The molecule has 0 aromatic heterocycles. The van der Waals surface area contributed by atoms with Gasteiger partial charge in [0.05, 0.1) is 18.1 Å². The molecule has 2 rings (SSSR count). The van der Waals surface area contributed by atoms with Crippen LogP contribution in [0.5, 0.6) is 0 Å². The van der Waals surface area contributed by atoms with Crippen LogP contribution in [-0.4, -0.2) is 54.5 Å². The summed E-state index contributed by atoms with van der Waals surface area (Å²) in [7, 11) is 2.01. The zero-order valence-corrected chi connectivity index (χ0v) is 19.5. The molecule has 29 heavy (non-hydrogen) atoms. The van der Waals surface area contributed by atoms with E-state index in [0.717, 1.165) is 18.0 Å². The van der Waals surface area contributed by atoms with Crippen LogP contribution < -0.4 is 16.4 Å². The molecule has 2 aliphatic rings. The fourth-order valence-corrected chi connectivity index (χ4v) is 3.92. The summed E-state index contributed by atoms with van der Waals surface area (Å²) < 4.78 is 0. The Morgan fingerprint density at radius 2 is 2.24 bits per heavy atom. The van der Waals surface area contributed by atoms with Crippen LogP contribution >= 0.6 is 24.2 Å². The number of hydrogen-bond acceptors (Lipinski definition) is 5. The van der Waals surface area contributed by atoms with Crippen LogP contribution in [0.4, 0.5) is 0 Å². The van der Waals surface area contributed by atoms with Gasteiger partial charge in [0.2, 0.25) is 0 Å². The quantitative estimate of drug-likeness (QED) is 0.176. The first kappa shape index (κ1) is 24.0. The Labute approximate surface area is 186 Å². The van der Waals surface area contributed by atoms with Crippen molar-refractivity contribution < 1.29 is 0 Å². The summed E-state index contributed by atoms with van der Waals surface area (Å²) in [6.45, 7) is 7.73. The van der Waals surface area contributed by atoms with Crippen molar-refractivity contribution in [2.45, 2.75) is 44.9 Å². The molecule has 1 heterocycles. The molecule has 5 nitrogen and oxygen atoms in total. The van der Waals surface area contributed by atoms with E-state index in [4.69, 9.17) is 17.3 Å². The van der Waals surface area contributed by atoms with Gasteiger partial charge in [0.1, 0.15) is 0 Å². The first-order valence-electron chi connectivity index (χ1n) is 10.1. The topological polar surface area (TPSA) is 65.7 Å². The molecule has 0 aromatic rings. The third kappa shape index (κ3) is 7.20. The molecule has 7 heteroatoms. The zero-order valence-electron chi connectivity index (χ0n) is 17.8. The molecule has 0 spiro atoms. The van der Waals surface area contributed by atoms with Gasteiger partial charge in [-0.25, -0.2) is 4.99 Å². The van der Waals surface area contributed by atoms with Crippen molar-refractivity contribution in [3.05, 3.63) is 35.4 Å². The van der Waals surface area contributed by atoms with Gasteiger partial charge in [0.25, 0.3) is 0 Å². The number of amidine groups is 1. The van der Waals surface area contributed by atoms with E-state index in [1.54, 1.807) is 0 Å². The molecule has 0 bridgehead atoms. The third-order valence-corrected chi connectivity index (χ3v) is 6.01. The number of hydrogen-bond donors (Lipinski definition) is 4. The number of thiol groups is 1. The Kier molecular flexibility index (Phi) is 9.32. The molecule has 1 aliphatic heterocycles. The van der Waals surface area contributed by atoms with Crippen LogP contribution in [0.2, 0.25) is 0 Å². The molecule has 1 aliphatic carbocycles. The Bertz CT molecular complexity index is 735. The van der Waals surface area contributed by atoms with E-state index >= 15 is 0 Å². The Balaban J connectivity index is 2.15. The average Bonchev–Trinajstić information content (AvgIpc) is 2.79. The van der Waals surface area contributed by atoms with E-state index in [-0.39, 0.29) is 24.4 Å². The standard InChI is InChI=1S/C22H34ClN5S/c1-16-11-12-22(3,26-19-9-7-18(23)8-10-19)27-20(17(16)2)14-28(4)21(25-15-24)6-5-13-29/h7-9,11-12,16-17,19-20,26-27,29H,10,13-15,24H2,1-4H3/b25-21-/t16-,17?,19?,20?,22+/m1/s1. The van der Waals surface area contributed by atoms with Crippen molar-refractivity contribution in [2.24, 2.45) is 22.6 Å². The van der Waals surface area contributed by atoms with Crippen LogP contribution in [0, 0.1) is 23.7 Å². The fraction of sp³-hybridized carbons (Fsp3) is 0.591. The summed E-state index contributed by atoms with van der Waals surface area (Å²) in [6, 6.07) is 0.465. The van der Waals surface area contributed by atoms with E-state index in [0.29, 0.717) is 23.4 Å². The lowest BCUT2D eigenvalue weighted by Crippen LogP contribution is -2.62. The van der Waals surface area contributed by atoms with Crippen molar-refractivity contribution in [1.29, 1.82) is 0 Å². The molecule has 3 unspecified atom stereocenters. The Morgan fingerprint density at radius 3 is 2.86 bits per heavy atom. The summed E-state index contributed by atoms with van der Waals surface area (Å²) in [5.74, 6) is 8.12. The first-order chi connectivity index (χ1) is 13.8. The van der Waals surface area contributed by atoms with Crippen molar-refractivity contribution in [3.63, 3.8) is 0 Å². The molecule has 0 saturated heterocycles. The molecule has 0 amide bonds. The summed E-state index contributed by atoms with van der Waals surface area (Å²) in [5.41, 5.74) is 5.31. The van der Waals surface area contributed by atoms with Crippen LogP contribution in [0.1, 0.15) is 27.2 Å². The van der Waals surface area contributed by atoms with Gasteiger partial charge in [0, 0.05) is 30.7 Å². The number of nitrogens with one attached hydrogen (secondary N) is 2. The SMILES string of the molecule is CC1C(CN(C)/C(C#CCS)=N\CN)N[C@](C)(NC2C=CC(Cl)=CC2)C=C[C@H]1C. The molecular formula is C22H34ClN5S. The zero-order chi connectivity index (χ0) is 21.4. The maximum absolute atomic E-state index is 6.07. The molecule has 5 atom stereocenters. The molecule has 160 valence electrons. The Hall–Kier alpha value is -1.23. The predicted molar refractivity (Wildman–Crippen MR) is 128 cm³/mol. The van der Waals surface area contributed by atoms with E-state index in [2.05, 4.69) is 90.1 Å². The number of nitrogens with two attached hydrogens (primary N) is 1. The highest BCUT2D eigenvalue weighted by Crippen LogP contribution is 2.25. The normalized spacial score (nSPS) is 32.2. The van der Waals surface area contributed by atoms with Crippen LogP contribution in [-0.2, 0) is 0 Å². The highest BCUT2D eigenvalue weighted by molar-refractivity contribution is 7.80. The maximum atomic E-state index is 6.07. The maximum Gasteiger partial charge on any atom is 0.177 e. The molecule has 0 aromatic carbocycles. The van der Waals surface area contributed by atoms with Gasteiger partial charge in [0.15, 0.2) is 5.84 Å². The van der Waals surface area contributed by atoms with E-state index in [1.807, 2.05) is 13.1 Å². The lowest BCUT2D eigenvalue weighted by molar-refractivity contribution is 0.219. The number of aliphatic imine (C=N–C) groups is 1. The van der Waals surface area contributed by atoms with Gasteiger partial charge in [-0.05, 0) is 37.2 Å². The summed E-state index contributed by atoms with van der Waals surface area (Å²) in [4.78, 5) is 6.44. The minimum atomic E-state index is -0.334. The summed E-state index contributed by atoms with van der Waals surface area (Å²) in [6.07, 6.45) is 11.6. The van der Waals surface area contributed by atoms with Gasteiger partial charge in [-0.2, -0.15) is 12.6 Å². The number of halogens is 1. The second-order valence-electron chi connectivity index (χ2n) is 7.97. The van der Waals surface area contributed by atoms with Crippen molar-refractivity contribution in [1.82, 2.24) is 15.5 Å². The number of nitrogens with zero attached hydrogens (tertiary/aromatic N) is 2. The van der Waals surface area contributed by atoms with Crippen LogP contribution in [0.25, 0.3) is 0 Å². The summed E-state index contributed by atoms with van der Waals surface area (Å²) >= 11 is 10.2. The highest BCUT2D eigenvalue weighted by Gasteiger charge is 2.34. The van der Waals surface area contributed by atoms with Crippen molar-refractivity contribution >= 4 is 30.1 Å². The van der Waals surface area contributed by atoms with E-state index < -0.39 is 0 Å². The average molecular weight is 436 g/mol. The van der Waals surface area contributed by atoms with Gasteiger partial charge in [-0.1, -0.05) is 55.7 Å². The van der Waals surface area contributed by atoms with Gasteiger partial charge < -0.3 is 10.6 Å². The van der Waals surface area contributed by atoms with Crippen LogP contribution in [0.3, 0.4) is 0 Å². The predicted octanol–water partition coefficient (Wildman–Crippen LogP) is 2.72. The summed E-state index contributed by atoms with van der Waals surface area (Å²) in [5, 5.41) is 8.37. The van der Waals surface area contributed by atoms with Gasteiger partial charge in [-0.15, -0.1) is 0 Å². The van der Waals surface area contributed by atoms with Crippen molar-refractivity contribution in [3.8, 4) is 11.8 Å². The number of rotatable bonds is 5. The monoisotopic (exact) mass is 435 g/mol. The van der Waals surface area contributed by atoms with Gasteiger partial charge >= 0.3 is 0 Å². The van der Waals surface area contributed by atoms with Gasteiger partial charge in [-0.3, -0.25) is 10.6 Å². The molecular weight excluding hydrogens is 402 g/mol. The second-order valence-corrected chi connectivity index (χ2v) is 8.72. The number of allylic oxidation sites excluding steroid dienone is 3. The third-order valence-electron chi connectivity index (χ3n) is 5.57.